The number of aromatic nitrogens is 2. The predicted molar refractivity (Wildman–Crippen MR) is 107 cm³/mol. The number of benzene rings is 2. The summed E-state index contributed by atoms with van der Waals surface area (Å²) in [6.07, 6.45) is 0. The molecule has 2 N–H and O–H groups in total. The molecule has 0 saturated heterocycles. The predicted octanol–water partition coefficient (Wildman–Crippen LogP) is 4.28. The van der Waals surface area contributed by atoms with Crippen molar-refractivity contribution in [2.24, 2.45) is 5.92 Å². The summed E-state index contributed by atoms with van der Waals surface area (Å²) < 4.78 is 0.838. The summed E-state index contributed by atoms with van der Waals surface area (Å²) in [5.41, 5.74) is 1.83. The first-order valence-electron chi connectivity index (χ1n) is 8.11. The Balaban J connectivity index is 2.01. The number of H-pyrrole nitrogens is 1. The monoisotopic (exact) mass is 433 g/mol. The second-order valence-electron chi connectivity index (χ2n) is 6.26. The SMILES string of the molecule is CC(C)C(=O)NCc1ccc(Cl)c(-c2nc3cc(Br)ccc3c(=O)[nH]2)c1. The van der Waals surface area contributed by atoms with Crippen LogP contribution in [0.15, 0.2) is 45.7 Å². The van der Waals surface area contributed by atoms with E-state index in [9.17, 15) is 9.59 Å². The minimum atomic E-state index is -0.230. The van der Waals surface area contributed by atoms with Crippen LogP contribution < -0.4 is 10.9 Å². The average molecular weight is 435 g/mol. The molecule has 0 aliphatic carbocycles. The normalized spacial score (nSPS) is 11.1. The van der Waals surface area contributed by atoms with Crippen molar-refractivity contribution < 1.29 is 4.79 Å². The first-order valence-corrected chi connectivity index (χ1v) is 9.28. The zero-order valence-corrected chi connectivity index (χ0v) is 16.6. The van der Waals surface area contributed by atoms with E-state index in [0.29, 0.717) is 33.9 Å². The van der Waals surface area contributed by atoms with E-state index in [1.807, 2.05) is 26.0 Å². The summed E-state index contributed by atoms with van der Waals surface area (Å²) in [5, 5.41) is 3.85. The molecule has 0 spiro atoms. The van der Waals surface area contributed by atoms with Crippen molar-refractivity contribution in [2.75, 3.05) is 0 Å². The van der Waals surface area contributed by atoms with E-state index < -0.39 is 0 Å². The van der Waals surface area contributed by atoms with Gasteiger partial charge in [-0.25, -0.2) is 4.98 Å². The summed E-state index contributed by atoms with van der Waals surface area (Å²) in [7, 11) is 0. The first-order chi connectivity index (χ1) is 12.3. The highest BCUT2D eigenvalue weighted by Gasteiger charge is 2.12. The van der Waals surface area contributed by atoms with E-state index in [1.54, 1.807) is 24.3 Å². The third kappa shape index (κ3) is 3.97. The van der Waals surface area contributed by atoms with Gasteiger partial charge in [0.05, 0.1) is 15.9 Å². The molecule has 0 aliphatic heterocycles. The lowest BCUT2D eigenvalue weighted by molar-refractivity contribution is -0.124. The summed E-state index contributed by atoms with van der Waals surface area (Å²) >= 11 is 9.71. The molecule has 0 bridgehead atoms. The fraction of sp³-hybridized carbons (Fsp3) is 0.211. The molecule has 1 heterocycles. The van der Waals surface area contributed by atoms with Crippen molar-refractivity contribution in [2.45, 2.75) is 20.4 Å². The van der Waals surface area contributed by atoms with Crippen molar-refractivity contribution >= 4 is 44.3 Å². The van der Waals surface area contributed by atoms with Gasteiger partial charge in [-0.3, -0.25) is 9.59 Å². The van der Waals surface area contributed by atoms with E-state index in [1.165, 1.54) is 0 Å². The standard InChI is InChI=1S/C19H17BrClN3O2/c1-10(2)18(25)22-9-11-3-6-15(21)14(7-11)17-23-16-8-12(20)4-5-13(16)19(26)24-17/h3-8,10H,9H2,1-2H3,(H,22,25)(H,23,24,26). The third-order valence-corrected chi connectivity index (χ3v) is 4.77. The van der Waals surface area contributed by atoms with E-state index in [0.717, 1.165) is 10.0 Å². The molecule has 0 atom stereocenters. The summed E-state index contributed by atoms with van der Waals surface area (Å²) in [5.74, 6) is 0.282. The number of carbonyl (C=O) groups excluding carboxylic acids is 1. The van der Waals surface area contributed by atoms with Gasteiger partial charge >= 0.3 is 0 Å². The molecule has 3 aromatic rings. The number of nitrogens with one attached hydrogen (secondary N) is 2. The van der Waals surface area contributed by atoms with Crippen LogP contribution in [-0.4, -0.2) is 15.9 Å². The number of amides is 1. The molecule has 5 nitrogen and oxygen atoms in total. The second kappa shape index (κ2) is 7.60. The van der Waals surface area contributed by atoms with Gasteiger partial charge in [0.25, 0.3) is 5.56 Å². The highest BCUT2D eigenvalue weighted by Crippen LogP contribution is 2.27. The molecule has 0 fully saturated rings. The maximum Gasteiger partial charge on any atom is 0.259 e. The molecule has 0 saturated carbocycles. The first kappa shape index (κ1) is 18.6. The van der Waals surface area contributed by atoms with Crippen LogP contribution in [-0.2, 0) is 11.3 Å². The van der Waals surface area contributed by atoms with Crippen LogP contribution in [0.3, 0.4) is 0 Å². The van der Waals surface area contributed by atoms with Crippen molar-refractivity contribution in [1.82, 2.24) is 15.3 Å². The third-order valence-electron chi connectivity index (χ3n) is 3.95. The van der Waals surface area contributed by atoms with Crippen molar-refractivity contribution in [3.63, 3.8) is 0 Å². The molecule has 0 unspecified atom stereocenters. The number of hydrogen-bond acceptors (Lipinski definition) is 3. The second-order valence-corrected chi connectivity index (χ2v) is 7.59. The van der Waals surface area contributed by atoms with Crippen LogP contribution in [0.4, 0.5) is 0 Å². The van der Waals surface area contributed by atoms with Crippen LogP contribution in [0.25, 0.3) is 22.3 Å². The Labute approximate surface area is 163 Å². The highest BCUT2D eigenvalue weighted by atomic mass is 79.9. The zero-order valence-electron chi connectivity index (χ0n) is 14.3. The highest BCUT2D eigenvalue weighted by molar-refractivity contribution is 9.10. The van der Waals surface area contributed by atoms with Crippen LogP contribution in [0, 0.1) is 5.92 Å². The lowest BCUT2D eigenvalue weighted by Crippen LogP contribution is -2.27. The Hall–Kier alpha value is -2.18. The molecule has 1 amide bonds. The Morgan fingerprint density at radius 3 is 2.77 bits per heavy atom. The molecule has 3 rings (SSSR count). The van der Waals surface area contributed by atoms with Gasteiger partial charge in [-0.1, -0.05) is 47.4 Å². The maximum atomic E-state index is 12.4. The van der Waals surface area contributed by atoms with Gasteiger partial charge in [0.1, 0.15) is 5.82 Å². The summed E-state index contributed by atoms with van der Waals surface area (Å²) in [6.45, 7) is 4.06. The van der Waals surface area contributed by atoms with Crippen LogP contribution in [0.2, 0.25) is 5.02 Å². The van der Waals surface area contributed by atoms with E-state index in [2.05, 4.69) is 31.2 Å². The number of rotatable bonds is 4. The fourth-order valence-electron chi connectivity index (χ4n) is 2.50. The fourth-order valence-corrected chi connectivity index (χ4v) is 3.05. The summed E-state index contributed by atoms with van der Waals surface area (Å²) in [4.78, 5) is 31.4. The van der Waals surface area contributed by atoms with E-state index in [4.69, 9.17) is 11.6 Å². The molecule has 0 radical (unpaired) electrons. The van der Waals surface area contributed by atoms with Crippen LogP contribution >= 0.6 is 27.5 Å². The molecule has 134 valence electrons. The maximum absolute atomic E-state index is 12.4. The zero-order chi connectivity index (χ0) is 18.8. The quantitative estimate of drug-likeness (QED) is 0.643. The van der Waals surface area contributed by atoms with E-state index in [-0.39, 0.29) is 17.4 Å². The molecule has 7 heteroatoms. The smallest absolute Gasteiger partial charge is 0.259 e. The number of aromatic amines is 1. The number of nitrogens with zero attached hydrogens (tertiary/aromatic N) is 1. The van der Waals surface area contributed by atoms with Gasteiger partial charge in [0.15, 0.2) is 0 Å². The molecule has 1 aromatic heterocycles. The van der Waals surface area contributed by atoms with E-state index >= 15 is 0 Å². The van der Waals surface area contributed by atoms with Gasteiger partial charge in [0.2, 0.25) is 5.91 Å². The molecule has 0 aliphatic rings. The summed E-state index contributed by atoms with van der Waals surface area (Å²) in [6, 6.07) is 10.7. The number of hydrogen-bond donors (Lipinski definition) is 2. The van der Waals surface area contributed by atoms with Crippen molar-refractivity contribution in [3.8, 4) is 11.4 Å². The minimum Gasteiger partial charge on any atom is -0.352 e. The molecular formula is C19H17BrClN3O2. The van der Waals surface area contributed by atoms with Gasteiger partial charge in [-0.2, -0.15) is 0 Å². The van der Waals surface area contributed by atoms with Gasteiger partial charge in [0, 0.05) is 22.5 Å². The molecular weight excluding hydrogens is 418 g/mol. The van der Waals surface area contributed by atoms with Gasteiger partial charge in [-0.05, 0) is 35.9 Å². The number of fused-ring (bicyclic) bond motifs is 1. The Morgan fingerprint density at radius 2 is 2.04 bits per heavy atom. The van der Waals surface area contributed by atoms with Gasteiger partial charge in [-0.15, -0.1) is 0 Å². The Bertz CT molecular complexity index is 1050. The Morgan fingerprint density at radius 1 is 1.27 bits per heavy atom. The van der Waals surface area contributed by atoms with Crippen LogP contribution in [0.1, 0.15) is 19.4 Å². The van der Waals surface area contributed by atoms with Crippen LogP contribution in [0.5, 0.6) is 0 Å². The lowest BCUT2D eigenvalue weighted by atomic mass is 10.1. The topological polar surface area (TPSA) is 74.8 Å². The lowest BCUT2D eigenvalue weighted by Gasteiger charge is -2.10. The molecule has 2 aromatic carbocycles. The largest absolute Gasteiger partial charge is 0.352 e. The van der Waals surface area contributed by atoms with Gasteiger partial charge < -0.3 is 10.3 Å². The number of halogens is 2. The minimum absolute atomic E-state index is 0.0245. The average Bonchev–Trinajstić information content (AvgIpc) is 2.60. The van der Waals surface area contributed by atoms with Crippen molar-refractivity contribution in [3.05, 3.63) is 61.8 Å². The molecule has 26 heavy (non-hydrogen) atoms. The Kier molecular flexibility index (Phi) is 5.44. The van der Waals surface area contributed by atoms with Crippen molar-refractivity contribution in [1.29, 1.82) is 0 Å². The number of carbonyl (C=O) groups is 1.